The molecule has 0 aliphatic carbocycles. The van der Waals surface area contributed by atoms with Gasteiger partial charge in [0.05, 0.1) is 6.61 Å². The number of fused-ring (bicyclic) bond motifs is 3. The van der Waals surface area contributed by atoms with Crippen LogP contribution in [-0.4, -0.2) is 99.2 Å². The SMILES string of the molecule is CN(C(=O)c1ccc(N2CCN(Cc3ccccc3-c3ccc(Cl)cc3)CC2)cc1)S(=O)(=O)O[C@]12OC[C@H]3OC(C)(C)O[C@H]3[C@@H]1OC(C)(C)O2. The highest BCUT2D eigenvalue weighted by molar-refractivity contribution is 7.84. The van der Waals surface area contributed by atoms with Gasteiger partial charge in [0.2, 0.25) is 0 Å². The zero-order chi connectivity index (χ0) is 35.5. The topological polar surface area (TPSA) is 116 Å². The van der Waals surface area contributed by atoms with Crippen molar-refractivity contribution in [2.45, 2.75) is 70.1 Å². The van der Waals surface area contributed by atoms with Crippen LogP contribution in [0, 0.1) is 0 Å². The van der Waals surface area contributed by atoms with Gasteiger partial charge in [0.25, 0.3) is 5.91 Å². The third-order valence-electron chi connectivity index (χ3n) is 9.38. The molecular formula is C36H42ClN3O9S. The van der Waals surface area contributed by atoms with Crippen molar-refractivity contribution < 1.29 is 41.1 Å². The maximum Gasteiger partial charge on any atom is 0.369 e. The van der Waals surface area contributed by atoms with Crippen LogP contribution < -0.4 is 4.90 Å². The van der Waals surface area contributed by atoms with Gasteiger partial charge in [0.15, 0.2) is 17.7 Å². The Morgan fingerprint density at radius 2 is 1.58 bits per heavy atom. The van der Waals surface area contributed by atoms with E-state index in [2.05, 4.69) is 34.1 Å². The van der Waals surface area contributed by atoms with Crippen molar-refractivity contribution >= 4 is 33.5 Å². The summed E-state index contributed by atoms with van der Waals surface area (Å²) < 4.78 is 62.9. The smallest absolute Gasteiger partial charge is 0.369 e. The second-order valence-electron chi connectivity index (χ2n) is 13.9. The lowest BCUT2D eigenvalue weighted by atomic mass is 9.99. The quantitative estimate of drug-likeness (QED) is 0.312. The van der Waals surface area contributed by atoms with Gasteiger partial charge in [-0.15, -0.1) is 0 Å². The first-order chi connectivity index (χ1) is 23.6. The van der Waals surface area contributed by atoms with Gasteiger partial charge >= 0.3 is 16.3 Å². The van der Waals surface area contributed by atoms with Gasteiger partial charge in [0, 0.05) is 56.0 Å². The number of carbonyl (C=O) groups excluding carboxylic acids is 1. The first-order valence-electron chi connectivity index (χ1n) is 16.7. The van der Waals surface area contributed by atoms with Crippen molar-refractivity contribution in [3.63, 3.8) is 0 Å². The molecule has 1 amide bonds. The molecule has 4 fully saturated rings. The van der Waals surface area contributed by atoms with Gasteiger partial charge in [-0.05, 0) is 80.8 Å². The second-order valence-corrected chi connectivity index (χ2v) is 15.9. The molecule has 268 valence electrons. The number of ether oxygens (including phenoxy) is 5. The Balaban J connectivity index is 0.978. The Bertz CT molecular complexity index is 1830. The fraction of sp³-hybridized carbons (Fsp3) is 0.472. The van der Waals surface area contributed by atoms with Crippen LogP contribution in [0.3, 0.4) is 0 Å². The molecule has 4 atom stereocenters. The third-order valence-corrected chi connectivity index (χ3v) is 10.9. The minimum atomic E-state index is -4.73. The van der Waals surface area contributed by atoms with E-state index in [4.69, 9.17) is 39.5 Å². The van der Waals surface area contributed by atoms with E-state index in [1.165, 1.54) is 11.1 Å². The third kappa shape index (κ3) is 7.03. The molecule has 50 heavy (non-hydrogen) atoms. The number of hydrogen-bond donors (Lipinski definition) is 0. The van der Waals surface area contributed by atoms with Crippen LogP contribution in [0.15, 0.2) is 72.8 Å². The number of halogens is 1. The maximum atomic E-state index is 13.5. The molecule has 0 bridgehead atoms. The molecule has 0 spiro atoms. The van der Waals surface area contributed by atoms with Crippen LogP contribution in [0.4, 0.5) is 5.69 Å². The van der Waals surface area contributed by atoms with Crippen molar-refractivity contribution in [1.82, 2.24) is 9.21 Å². The van der Waals surface area contributed by atoms with E-state index in [0.29, 0.717) is 9.33 Å². The van der Waals surface area contributed by atoms with Crippen LogP contribution in [0.25, 0.3) is 11.1 Å². The van der Waals surface area contributed by atoms with Gasteiger partial charge in [-0.1, -0.05) is 48.0 Å². The van der Waals surface area contributed by atoms with Gasteiger partial charge in [0.1, 0.15) is 12.2 Å². The minimum Gasteiger partial charge on any atom is -0.369 e. The van der Waals surface area contributed by atoms with Crippen molar-refractivity contribution in [3.8, 4) is 11.1 Å². The predicted octanol–water partition coefficient (Wildman–Crippen LogP) is 5.02. The van der Waals surface area contributed by atoms with Crippen molar-refractivity contribution in [3.05, 3.63) is 88.9 Å². The number of anilines is 1. The first-order valence-corrected chi connectivity index (χ1v) is 18.4. The highest BCUT2D eigenvalue weighted by atomic mass is 35.5. The highest BCUT2D eigenvalue weighted by Crippen LogP contribution is 2.48. The lowest BCUT2D eigenvalue weighted by Crippen LogP contribution is -2.61. The van der Waals surface area contributed by atoms with Crippen LogP contribution in [0.2, 0.25) is 5.02 Å². The fourth-order valence-electron chi connectivity index (χ4n) is 6.99. The standard InChI is InChI=1S/C36H42ClN3O9S/c1-34(2)45-30-23-44-36(32(31(30)46-34)47-35(3,4)48-36)49-50(42,43)38(5)33(41)25-12-16-28(17-13-25)40-20-18-39(19-21-40)22-26-8-6-7-9-29(26)24-10-14-27(37)15-11-24/h6-17,30-32H,18-23H2,1-5H3/t30-,31-,32+,36+/m1/s1. The Morgan fingerprint density at radius 1 is 0.900 bits per heavy atom. The molecule has 7 rings (SSSR count). The number of nitrogens with zero attached hydrogens (tertiary/aromatic N) is 3. The number of rotatable bonds is 8. The number of piperazine rings is 1. The summed E-state index contributed by atoms with van der Waals surface area (Å²) in [6.07, 6.45) is -2.35. The van der Waals surface area contributed by atoms with E-state index in [1.807, 2.05) is 36.4 Å². The maximum absolute atomic E-state index is 13.5. The molecule has 4 aliphatic rings. The number of hydrogen-bond acceptors (Lipinski definition) is 11. The van der Waals surface area contributed by atoms with E-state index in [-0.39, 0.29) is 12.2 Å². The van der Waals surface area contributed by atoms with E-state index >= 15 is 0 Å². The summed E-state index contributed by atoms with van der Waals surface area (Å²) in [5.74, 6) is -5.16. The normalized spacial score (nSPS) is 27.5. The summed E-state index contributed by atoms with van der Waals surface area (Å²) in [7, 11) is -3.60. The summed E-state index contributed by atoms with van der Waals surface area (Å²) in [4.78, 5) is 18.1. The molecule has 0 unspecified atom stereocenters. The number of carbonyl (C=O) groups is 1. The van der Waals surface area contributed by atoms with E-state index in [9.17, 15) is 13.2 Å². The summed E-state index contributed by atoms with van der Waals surface area (Å²) in [5.41, 5.74) is 4.70. The molecule has 4 saturated heterocycles. The molecule has 0 saturated carbocycles. The molecule has 3 aromatic rings. The molecule has 3 aromatic carbocycles. The van der Waals surface area contributed by atoms with Crippen LogP contribution in [-0.2, 0) is 44.7 Å². The lowest BCUT2D eigenvalue weighted by Gasteiger charge is -2.39. The zero-order valence-electron chi connectivity index (χ0n) is 28.7. The molecule has 4 aliphatic heterocycles. The van der Waals surface area contributed by atoms with Gasteiger partial charge < -0.3 is 23.8 Å². The Kier molecular flexibility index (Phi) is 9.28. The van der Waals surface area contributed by atoms with Crippen molar-refractivity contribution in [1.29, 1.82) is 0 Å². The second kappa shape index (κ2) is 13.1. The fourth-order valence-corrected chi connectivity index (χ4v) is 8.01. The number of benzene rings is 3. The van der Waals surface area contributed by atoms with E-state index in [1.54, 1.807) is 39.8 Å². The molecule has 4 heterocycles. The molecule has 12 nitrogen and oxygen atoms in total. The summed E-state index contributed by atoms with van der Waals surface area (Å²) in [6, 6.07) is 23.2. The predicted molar refractivity (Wildman–Crippen MR) is 185 cm³/mol. The number of amides is 1. The van der Waals surface area contributed by atoms with E-state index < -0.39 is 52.1 Å². The van der Waals surface area contributed by atoms with Crippen molar-refractivity contribution in [2.75, 3.05) is 44.7 Å². The Morgan fingerprint density at radius 3 is 2.28 bits per heavy atom. The lowest BCUT2D eigenvalue weighted by molar-refractivity contribution is -0.371. The highest BCUT2D eigenvalue weighted by Gasteiger charge is 2.68. The summed E-state index contributed by atoms with van der Waals surface area (Å²) in [5, 5.41) is 0.713. The molecule has 0 radical (unpaired) electrons. The molecular weight excluding hydrogens is 686 g/mol. The minimum absolute atomic E-state index is 0.0658. The first kappa shape index (κ1) is 35.3. The molecule has 0 aromatic heterocycles. The average molecular weight is 728 g/mol. The average Bonchev–Trinajstić information content (AvgIpc) is 3.55. The van der Waals surface area contributed by atoms with Crippen LogP contribution >= 0.6 is 11.6 Å². The van der Waals surface area contributed by atoms with E-state index in [0.717, 1.165) is 51.0 Å². The van der Waals surface area contributed by atoms with Crippen LogP contribution in [0.5, 0.6) is 0 Å². The van der Waals surface area contributed by atoms with Gasteiger partial charge in [-0.3, -0.25) is 14.4 Å². The Labute approximate surface area is 297 Å². The largest absolute Gasteiger partial charge is 0.369 e. The summed E-state index contributed by atoms with van der Waals surface area (Å²) >= 11 is 6.11. The van der Waals surface area contributed by atoms with Crippen molar-refractivity contribution in [2.24, 2.45) is 0 Å². The summed E-state index contributed by atoms with van der Waals surface area (Å²) in [6.45, 7) is 10.8. The van der Waals surface area contributed by atoms with Gasteiger partial charge in [-0.2, -0.15) is 12.6 Å². The van der Waals surface area contributed by atoms with Crippen LogP contribution in [0.1, 0.15) is 43.6 Å². The monoisotopic (exact) mass is 727 g/mol. The molecule has 14 heteroatoms. The Hall–Kier alpha value is -3.11. The van der Waals surface area contributed by atoms with Gasteiger partial charge in [-0.25, -0.2) is 4.31 Å². The molecule has 0 N–H and O–H groups in total. The zero-order valence-corrected chi connectivity index (χ0v) is 30.3.